The quantitative estimate of drug-likeness (QED) is 0.607. The van der Waals surface area contributed by atoms with E-state index in [2.05, 4.69) is 54.5 Å². The summed E-state index contributed by atoms with van der Waals surface area (Å²) in [6.45, 7) is 15.6. The normalized spacial score (nSPS) is 36.2. The van der Waals surface area contributed by atoms with Crippen LogP contribution in [0.15, 0.2) is 11.6 Å². The second-order valence-corrected chi connectivity index (χ2v) is 8.68. The summed E-state index contributed by atoms with van der Waals surface area (Å²) in [7, 11) is 0. The smallest absolute Gasteiger partial charge is 0.148 e. The molecule has 1 fully saturated rings. The highest BCUT2D eigenvalue weighted by Gasteiger charge is 2.48. The Morgan fingerprint density at radius 1 is 1.05 bits per heavy atom. The standard InChI is InChI=1S/C18H30O/c1-12-8-9-14(18(12,6)7)13-10-16(2,3)15(19)17(4,5)11-13/h10,12,14H,8-9,11H2,1-7H3. The molecule has 0 aliphatic heterocycles. The van der Waals surface area contributed by atoms with Crippen LogP contribution in [0.25, 0.3) is 0 Å². The van der Waals surface area contributed by atoms with Gasteiger partial charge in [-0.05, 0) is 50.4 Å². The fourth-order valence-corrected chi connectivity index (χ4v) is 4.43. The van der Waals surface area contributed by atoms with Crippen LogP contribution in [0.5, 0.6) is 0 Å². The van der Waals surface area contributed by atoms with Crippen LogP contribution in [-0.4, -0.2) is 5.78 Å². The second-order valence-electron chi connectivity index (χ2n) is 8.68. The fourth-order valence-electron chi connectivity index (χ4n) is 4.43. The molecule has 2 aliphatic carbocycles. The average Bonchev–Trinajstić information content (AvgIpc) is 2.50. The van der Waals surface area contributed by atoms with Crippen LogP contribution in [0.1, 0.15) is 67.7 Å². The molecular formula is C18H30O. The Hall–Kier alpha value is -0.590. The van der Waals surface area contributed by atoms with Gasteiger partial charge in [0.1, 0.15) is 5.78 Å². The van der Waals surface area contributed by atoms with Crippen LogP contribution >= 0.6 is 0 Å². The monoisotopic (exact) mass is 262 g/mol. The van der Waals surface area contributed by atoms with E-state index in [1.165, 1.54) is 12.8 Å². The highest BCUT2D eigenvalue weighted by molar-refractivity contribution is 5.92. The third kappa shape index (κ3) is 2.30. The van der Waals surface area contributed by atoms with Crippen molar-refractivity contribution < 1.29 is 4.79 Å². The van der Waals surface area contributed by atoms with E-state index in [4.69, 9.17) is 0 Å². The van der Waals surface area contributed by atoms with E-state index in [1.807, 2.05) is 0 Å². The van der Waals surface area contributed by atoms with E-state index in [-0.39, 0.29) is 10.8 Å². The van der Waals surface area contributed by atoms with Gasteiger partial charge in [0, 0.05) is 10.8 Å². The largest absolute Gasteiger partial charge is 0.298 e. The molecule has 1 heteroatoms. The minimum absolute atomic E-state index is 0.199. The summed E-state index contributed by atoms with van der Waals surface area (Å²) in [5.74, 6) is 1.84. The van der Waals surface area contributed by atoms with Crippen molar-refractivity contribution >= 4 is 5.78 Å². The molecule has 2 unspecified atom stereocenters. The summed E-state index contributed by atoms with van der Waals surface area (Å²) < 4.78 is 0. The van der Waals surface area contributed by atoms with E-state index in [1.54, 1.807) is 5.57 Å². The minimum Gasteiger partial charge on any atom is -0.298 e. The number of hydrogen-bond acceptors (Lipinski definition) is 1. The van der Waals surface area contributed by atoms with E-state index < -0.39 is 0 Å². The van der Waals surface area contributed by atoms with Crippen molar-refractivity contribution in [1.82, 2.24) is 0 Å². The Kier molecular flexibility index (Phi) is 3.27. The Morgan fingerprint density at radius 3 is 2.05 bits per heavy atom. The number of Topliss-reactive ketones (excluding diaryl/α,β-unsaturated/α-hetero) is 1. The molecule has 108 valence electrons. The third-order valence-electron chi connectivity index (χ3n) is 5.90. The molecule has 0 heterocycles. The van der Waals surface area contributed by atoms with E-state index in [0.29, 0.717) is 17.1 Å². The molecule has 0 aromatic heterocycles. The van der Waals surface area contributed by atoms with Crippen LogP contribution in [0.2, 0.25) is 0 Å². The van der Waals surface area contributed by atoms with Gasteiger partial charge in [-0.15, -0.1) is 0 Å². The summed E-state index contributed by atoms with van der Waals surface area (Å²) in [5.41, 5.74) is 1.43. The third-order valence-corrected chi connectivity index (χ3v) is 5.90. The van der Waals surface area contributed by atoms with Crippen molar-refractivity contribution in [3.05, 3.63) is 11.6 Å². The first-order valence-corrected chi connectivity index (χ1v) is 7.75. The Labute approximate surface area is 118 Å². The number of allylic oxidation sites excluding steroid dienone is 2. The predicted octanol–water partition coefficient (Wildman–Crippen LogP) is 5.01. The van der Waals surface area contributed by atoms with Gasteiger partial charge in [-0.3, -0.25) is 4.79 Å². The van der Waals surface area contributed by atoms with Crippen molar-refractivity contribution in [2.45, 2.75) is 67.7 Å². The lowest BCUT2D eigenvalue weighted by Gasteiger charge is -2.42. The fraction of sp³-hybridized carbons (Fsp3) is 0.833. The summed E-state index contributed by atoms with van der Waals surface area (Å²) in [6.07, 6.45) is 5.87. The lowest BCUT2D eigenvalue weighted by atomic mass is 9.61. The van der Waals surface area contributed by atoms with Gasteiger partial charge in [0.05, 0.1) is 0 Å². The van der Waals surface area contributed by atoms with Crippen LogP contribution < -0.4 is 0 Å². The van der Waals surface area contributed by atoms with Crippen LogP contribution in [0.4, 0.5) is 0 Å². The van der Waals surface area contributed by atoms with Crippen LogP contribution in [-0.2, 0) is 4.79 Å². The Bertz CT molecular complexity index is 423. The lowest BCUT2D eigenvalue weighted by Crippen LogP contribution is -2.41. The van der Waals surface area contributed by atoms with Gasteiger partial charge < -0.3 is 0 Å². The van der Waals surface area contributed by atoms with Crippen LogP contribution in [0, 0.1) is 28.1 Å². The van der Waals surface area contributed by atoms with Crippen LogP contribution in [0.3, 0.4) is 0 Å². The van der Waals surface area contributed by atoms with E-state index >= 15 is 0 Å². The number of rotatable bonds is 1. The highest BCUT2D eigenvalue weighted by atomic mass is 16.1. The zero-order valence-electron chi connectivity index (χ0n) is 13.8. The molecule has 0 bridgehead atoms. The number of carbonyl (C=O) groups is 1. The predicted molar refractivity (Wildman–Crippen MR) is 80.9 cm³/mol. The second kappa shape index (κ2) is 4.20. The summed E-state index contributed by atoms with van der Waals surface area (Å²) >= 11 is 0. The lowest BCUT2D eigenvalue weighted by molar-refractivity contribution is -0.134. The first kappa shape index (κ1) is 14.8. The molecule has 2 atom stereocenters. The summed E-state index contributed by atoms with van der Waals surface area (Å²) in [6, 6.07) is 0. The van der Waals surface area contributed by atoms with Gasteiger partial charge >= 0.3 is 0 Å². The maximum Gasteiger partial charge on any atom is 0.148 e. The molecule has 1 nitrogen and oxygen atoms in total. The molecule has 0 aromatic carbocycles. The van der Waals surface area contributed by atoms with Crippen molar-refractivity contribution in [3.63, 3.8) is 0 Å². The van der Waals surface area contributed by atoms with Gasteiger partial charge in [0.2, 0.25) is 0 Å². The maximum atomic E-state index is 12.5. The zero-order valence-corrected chi connectivity index (χ0v) is 13.8. The average molecular weight is 262 g/mol. The SMILES string of the molecule is CC1CCC(C2=CC(C)(C)C(=O)C(C)(C)C2)C1(C)C. The van der Waals surface area contributed by atoms with Gasteiger partial charge in [-0.1, -0.05) is 46.3 Å². The molecule has 0 saturated heterocycles. The maximum absolute atomic E-state index is 12.5. The molecule has 19 heavy (non-hydrogen) atoms. The number of ketones is 1. The molecule has 0 aromatic rings. The molecule has 2 aliphatic rings. The molecular weight excluding hydrogens is 232 g/mol. The number of hydrogen-bond donors (Lipinski definition) is 0. The van der Waals surface area contributed by atoms with E-state index in [0.717, 1.165) is 12.3 Å². The Morgan fingerprint density at radius 2 is 1.63 bits per heavy atom. The van der Waals surface area contributed by atoms with Crippen molar-refractivity contribution in [3.8, 4) is 0 Å². The van der Waals surface area contributed by atoms with Crippen molar-refractivity contribution in [2.75, 3.05) is 0 Å². The summed E-state index contributed by atoms with van der Waals surface area (Å²) in [4.78, 5) is 12.5. The minimum atomic E-state index is -0.293. The molecule has 0 N–H and O–H groups in total. The van der Waals surface area contributed by atoms with Gasteiger partial charge in [-0.25, -0.2) is 0 Å². The molecule has 0 radical (unpaired) electrons. The summed E-state index contributed by atoms with van der Waals surface area (Å²) in [5, 5.41) is 0. The van der Waals surface area contributed by atoms with Crippen molar-refractivity contribution in [2.24, 2.45) is 28.1 Å². The first-order chi connectivity index (χ1) is 8.48. The topological polar surface area (TPSA) is 17.1 Å². The first-order valence-electron chi connectivity index (χ1n) is 7.75. The number of carbonyl (C=O) groups excluding carboxylic acids is 1. The van der Waals surface area contributed by atoms with Gasteiger partial charge in [0.15, 0.2) is 0 Å². The van der Waals surface area contributed by atoms with Gasteiger partial charge in [0.25, 0.3) is 0 Å². The van der Waals surface area contributed by atoms with Crippen molar-refractivity contribution in [1.29, 1.82) is 0 Å². The molecule has 2 rings (SSSR count). The zero-order chi connectivity index (χ0) is 14.6. The highest BCUT2D eigenvalue weighted by Crippen LogP contribution is 2.54. The van der Waals surface area contributed by atoms with Gasteiger partial charge in [-0.2, -0.15) is 0 Å². The van der Waals surface area contributed by atoms with E-state index in [9.17, 15) is 4.79 Å². The molecule has 1 saturated carbocycles. The molecule has 0 amide bonds. The molecule has 0 spiro atoms. The Balaban J connectivity index is 2.39.